The van der Waals surface area contributed by atoms with Gasteiger partial charge in [-0.2, -0.15) is 4.31 Å². The van der Waals surface area contributed by atoms with Gasteiger partial charge >= 0.3 is 0 Å². The first-order chi connectivity index (χ1) is 8.46. The normalized spacial score (nSPS) is 21.4. The van der Waals surface area contributed by atoms with Crippen LogP contribution in [0, 0.1) is 13.8 Å². The van der Waals surface area contributed by atoms with E-state index in [2.05, 4.69) is 15.9 Å². The summed E-state index contributed by atoms with van der Waals surface area (Å²) in [6, 6.07) is 5.45. The highest BCUT2D eigenvalue weighted by atomic mass is 79.9. The van der Waals surface area contributed by atoms with Gasteiger partial charge in [-0.3, -0.25) is 0 Å². The molecule has 1 heterocycles. The summed E-state index contributed by atoms with van der Waals surface area (Å²) < 4.78 is 26.8. The van der Waals surface area contributed by atoms with Crippen molar-refractivity contribution in [1.29, 1.82) is 0 Å². The Kier molecular flexibility index (Phi) is 4.14. The maximum absolute atomic E-state index is 12.6. The highest BCUT2D eigenvalue weighted by Crippen LogP contribution is 2.27. The summed E-state index contributed by atoms with van der Waals surface area (Å²) in [6.07, 6.45) is 1.88. The Bertz CT molecular complexity index is 542. The van der Waals surface area contributed by atoms with E-state index in [1.165, 1.54) is 0 Å². The van der Waals surface area contributed by atoms with Crippen molar-refractivity contribution in [2.24, 2.45) is 0 Å². The van der Waals surface area contributed by atoms with E-state index in [9.17, 15) is 8.42 Å². The SMILES string of the molecule is Cc1ccc(S(=O)(=O)N2CCCC2CBr)cc1C. The van der Waals surface area contributed by atoms with Gasteiger partial charge in [0.15, 0.2) is 0 Å². The van der Waals surface area contributed by atoms with Crippen LogP contribution in [0.4, 0.5) is 0 Å². The van der Waals surface area contributed by atoms with Crippen LogP contribution in [0.2, 0.25) is 0 Å². The van der Waals surface area contributed by atoms with E-state index in [1.54, 1.807) is 16.4 Å². The van der Waals surface area contributed by atoms with E-state index < -0.39 is 10.0 Å². The molecule has 0 amide bonds. The maximum Gasteiger partial charge on any atom is 0.243 e. The highest BCUT2D eigenvalue weighted by molar-refractivity contribution is 9.09. The molecule has 0 saturated carbocycles. The second-order valence-electron chi connectivity index (χ2n) is 4.81. The number of nitrogens with zero attached hydrogens (tertiary/aromatic N) is 1. The fourth-order valence-electron chi connectivity index (χ4n) is 2.29. The molecular weight excluding hydrogens is 314 g/mol. The number of alkyl halides is 1. The zero-order valence-electron chi connectivity index (χ0n) is 10.7. The van der Waals surface area contributed by atoms with Gasteiger partial charge in [0, 0.05) is 17.9 Å². The van der Waals surface area contributed by atoms with E-state index in [4.69, 9.17) is 0 Å². The van der Waals surface area contributed by atoms with Crippen LogP contribution in [-0.2, 0) is 10.0 Å². The van der Waals surface area contributed by atoms with Gasteiger partial charge in [0.25, 0.3) is 0 Å². The molecule has 1 fully saturated rings. The van der Waals surface area contributed by atoms with Gasteiger partial charge in [-0.15, -0.1) is 0 Å². The van der Waals surface area contributed by atoms with Crippen LogP contribution in [0.15, 0.2) is 23.1 Å². The average Bonchev–Trinajstić information content (AvgIpc) is 2.81. The highest BCUT2D eigenvalue weighted by Gasteiger charge is 2.34. The molecule has 0 radical (unpaired) electrons. The predicted molar refractivity (Wildman–Crippen MR) is 76.6 cm³/mol. The van der Waals surface area contributed by atoms with E-state index >= 15 is 0 Å². The van der Waals surface area contributed by atoms with Crippen LogP contribution in [0.5, 0.6) is 0 Å². The Morgan fingerprint density at radius 3 is 2.67 bits per heavy atom. The van der Waals surface area contributed by atoms with Crippen LogP contribution >= 0.6 is 15.9 Å². The van der Waals surface area contributed by atoms with Gasteiger partial charge in [0.05, 0.1) is 4.90 Å². The second-order valence-corrected chi connectivity index (χ2v) is 7.35. The third-order valence-electron chi connectivity index (χ3n) is 3.59. The quantitative estimate of drug-likeness (QED) is 0.798. The zero-order valence-corrected chi connectivity index (χ0v) is 13.1. The van der Waals surface area contributed by atoms with Gasteiger partial charge in [0.1, 0.15) is 0 Å². The molecule has 100 valence electrons. The van der Waals surface area contributed by atoms with E-state index in [-0.39, 0.29) is 6.04 Å². The topological polar surface area (TPSA) is 37.4 Å². The van der Waals surface area contributed by atoms with Gasteiger partial charge in [-0.05, 0) is 49.9 Å². The minimum atomic E-state index is -3.34. The fraction of sp³-hybridized carbons (Fsp3) is 0.538. The Morgan fingerprint density at radius 2 is 2.06 bits per heavy atom. The van der Waals surface area contributed by atoms with Crippen LogP contribution in [0.3, 0.4) is 0 Å². The van der Waals surface area contributed by atoms with Gasteiger partial charge in [0.2, 0.25) is 10.0 Å². The maximum atomic E-state index is 12.6. The molecule has 1 aliphatic heterocycles. The Balaban J connectivity index is 2.38. The molecule has 3 nitrogen and oxygen atoms in total. The van der Waals surface area contributed by atoms with E-state index in [0.717, 1.165) is 24.0 Å². The minimum absolute atomic E-state index is 0.0941. The molecule has 1 aliphatic rings. The lowest BCUT2D eigenvalue weighted by Crippen LogP contribution is -2.36. The van der Waals surface area contributed by atoms with Crippen molar-refractivity contribution in [3.63, 3.8) is 0 Å². The number of benzene rings is 1. The monoisotopic (exact) mass is 331 g/mol. The number of halogens is 1. The van der Waals surface area contributed by atoms with Crippen molar-refractivity contribution in [2.45, 2.75) is 37.6 Å². The summed E-state index contributed by atoms with van der Waals surface area (Å²) in [5, 5.41) is 0.705. The number of sulfonamides is 1. The summed E-state index contributed by atoms with van der Waals surface area (Å²) in [4.78, 5) is 0.415. The molecule has 0 spiro atoms. The summed E-state index contributed by atoms with van der Waals surface area (Å²) in [5.41, 5.74) is 2.14. The van der Waals surface area contributed by atoms with Crippen LogP contribution in [0.1, 0.15) is 24.0 Å². The fourth-order valence-corrected chi connectivity index (χ4v) is 4.93. The van der Waals surface area contributed by atoms with E-state index in [1.807, 2.05) is 19.9 Å². The second kappa shape index (κ2) is 5.31. The molecule has 1 atom stereocenters. The molecular formula is C13H18BrNO2S. The first kappa shape index (κ1) is 14.0. The van der Waals surface area contributed by atoms with Gasteiger partial charge in [-0.1, -0.05) is 22.0 Å². The van der Waals surface area contributed by atoms with Crippen molar-refractivity contribution in [1.82, 2.24) is 4.31 Å². The van der Waals surface area contributed by atoms with Gasteiger partial charge < -0.3 is 0 Å². The minimum Gasteiger partial charge on any atom is -0.207 e. The molecule has 0 N–H and O–H groups in total. The molecule has 1 unspecified atom stereocenters. The molecule has 0 bridgehead atoms. The largest absolute Gasteiger partial charge is 0.243 e. The van der Waals surface area contributed by atoms with Crippen molar-refractivity contribution in [3.05, 3.63) is 29.3 Å². The summed E-state index contributed by atoms with van der Waals surface area (Å²) >= 11 is 3.40. The van der Waals surface area contributed by atoms with E-state index in [0.29, 0.717) is 16.8 Å². The lowest BCUT2D eigenvalue weighted by molar-refractivity contribution is 0.413. The summed E-state index contributed by atoms with van der Waals surface area (Å²) in [7, 11) is -3.34. The van der Waals surface area contributed by atoms with Crippen molar-refractivity contribution >= 4 is 26.0 Å². The zero-order chi connectivity index (χ0) is 13.3. The standard InChI is InChI=1S/C13H18BrNO2S/c1-10-5-6-13(8-11(10)2)18(16,17)15-7-3-4-12(15)9-14/h5-6,8,12H,3-4,7,9H2,1-2H3. The number of hydrogen-bond acceptors (Lipinski definition) is 2. The Labute approximate surface area is 117 Å². The molecule has 2 rings (SSSR count). The lowest BCUT2D eigenvalue weighted by atomic mass is 10.1. The Morgan fingerprint density at radius 1 is 1.33 bits per heavy atom. The molecule has 0 aliphatic carbocycles. The molecule has 1 aromatic rings. The van der Waals surface area contributed by atoms with Gasteiger partial charge in [-0.25, -0.2) is 8.42 Å². The summed E-state index contributed by atoms with van der Waals surface area (Å²) in [5.74, 6) is 0. The van der Waals surface area contributed by atoms with Crippen LogP contribution in [-0.4, -0.2) is 30.6 Å². The number of hydrogen-bond donors (Lipinski definition) is 0. The predicted octanol–water partition coefficient (Wildman–Crippen LogP) is 2.85. The van der Waals surface area contributed by atoms with Crippen LogP contribution < -0.4 is 0 Å². The first-order valence-electron chi connectivity index (χ1n) is 6.12. The third kappa shape index (κ3) is 2.49. The van der Waals surface area contributed by atoms with Crippen molar-refractivity contribution in [2.75, 3.05) is 11.9 Å². The average molecular weight is 332 g/mol. The van der Waals surface area contributed by atoms with Crippen molar-refractivity contribution in [3.8, 4) is 0 Å². The number of aryl methyl sites for hydroxylation is 2. The Hall–Kier alpha value is -0.390. The molecule has 0 aromatic heterocycles. The molecule has 1 aromatic carbocycles. The number of rotatable bonds is 3. The molecule has 1 saturated heterocycles. The third-order valence-corrected chi connectivity index (χ3v) is 6.28. The molecule has 18 heavy (non-hydrogen) atoms. The lowest BCUT2D eigenvalue weighted by Gasteiger charge is -2.22. The van der Waals surface area contributed by atoms with Crippen LogP contribution in [0.25, 0.3) is 0 Å². The van der Waals surface area contributed by atoms with Crippen molar-refractivity contribution < 1.29 is 8.42 Å². The summed E-state index contributed by atoms with van der Waals surface area (Å²) in [6.45, 7) is 4.56. The molecule has 5 heteroatoms. The smallest absolute Gasteiger partial charge is 0.207 e. The first-order valence-corrected chi connectivity index (χ1v) is 8.68.